The van der Waals surface area contributed by atoms with Crippen LogP contribution in [0.1, 0.15) is 6.92 Å². The first-order chi connectivity index (χ1) is 8.81. The van der Waals surface area contributed by atoms with E-state index in [0.29, 0.717) is 0 Å². The Morgan fingerprint density at radius 1 is 1.15 bits per heavy atom. The summed E-state index contributed by atoms with van der Waals surface area (Å²) in [5.74, 6) is -1.51. The minimum atomic E-state index is -0.866. The molecule has 20 heavy (non-hydrogen) atoms. The van der Waals surface area contributed by atoms with Gasteiger partial charge in [0.2, 0.25) is 0 Å². The van der Waals surface area contributed by atoms with E-state index >= 15 is 0 Å². The first-order valence-electron chi connectivity index (χ1n) is 4.99. The van der Waals surface area contributed by atoms with Crippen molar-refractivity contribution in [3.8, 4) is 5.75 Å². The number of esters is 2. The van der Waals surface area contributed by atoms with Crippen LogP contribution in [-0.2, 0) is 33.8 Å². The van der Waals surface area contributed by atoms with Crippen LogP contribution in [0.15, 0.2) is 24.3 Å². The van der Waals surface area contributed by atoms with Crippen LogP contribution in [0.3, 0.4) is 0 Å². The van der Waals surface area contributed by atoms with Crippen molar-refractivity contribution in [2.75, 3.05) is 6.61 Å². The molecule has 104 valence electrons. The molecule has 8 heteroatoms. The maximum atomic E-state index is 11.3. The third kappa shape index (κ3) is 5.80. The van der Waals surface area contributed by atoms with Crippen LogP contribution in [0.2, 0.25) is 15.1 Å². The van der Waals surface area contributed by atoms with Crippen molar-refractivity contribution in [1.82, 2.24) is 0 Å². The number of ether oxygens (including phenoxy) is 2. The summed E-state index contributed by atoms with van der Waals surface area (Å²) in [7, 11) is 0. The summed E-state index contributed by atoms with van der Waals surface area (Å²) >= 11 is 17.3. The smallest absolute Gasteiger partial charge is 0.352 e. The molecule has 0 saturated carbocycles. The molecule has 0 saturated heterocycles. The molecular formula is C12H9Cl3O4Zn. The summed E-state index contributed by atoms with van der Waals surface area (Å²) in [6.45, 7) is 4.27. The minimum Gasteiger partial charge on any atom is -0.480 e. The molecule has 0 aliphatic carbocycles. The Bertz CT molecular complexity index is 546. The van der Waals surface area contributed by atoms with Gasteiger partial charge >= 0.3 is 11.9 Å². The van der Waals surface area contributed by atoms with Crippen molar-refractivity contribution >= 4 is 46.7 Å². The Kier molecular flexibility index (Phi) is 8.37. The van der Waals surface area contributed by atoms with Crippen molar-refractivity contribution in [3.63, 3.8) is 0 Å². The van der Waals surface area contributed by atoms with Crippen LogP contribution in [0.25, 0.3) is 0 Å². The monoisotopic (exact) mass is 386 g/mol. The van der Waals surface area contributed by atoms with Crippen molar-refractivity contribution < 1.29 is 38.5 Å². The predicted octanol–water partition coefficient (Wildman–Crippen LogP) is 3.67. The molecule has 0 heterocycles. The number of hydrogen-bond donors (Lipinski definition) is 0. The van der Waals surface area contributed by atoms with Crippen molar-refractivity contribution in [2.45, 2.75) is 6.92 Å². The van der Waals surface area contributed by atoms with Gasteiger partial charge in [0, 0.05) is 31.1 Å². The first kappa shape index (κ1) is 19.4. The number of benzene rings is 1. The standard InChI is InChI=1S/C12H9Cl3O4.Zn/c1-6(2)12(17)19-11(16)5-18-10-4-8(14)7(13)3-9(10)15;/h3-4H,1,5H2,2H3;. The molecule has 1 aromatic carbocycles. The number of rotatable bonds is 4. The average molecular weight is 389 g/mol. The molecule has 0 atom stereocenters. The summed E-state index contributed by atoms with van der Waals surface area (Å²) in [5.41, 5.74) is 0.112. The van der Waals surface area contributed by atoms with Gasteiger partial charge in [-0.05, 0) is 13.0 Å². The molecule has 0 radical (unpaired) electrons. The van der Waals surface area contributed by atoms with Crippen molar-refractivity contribution in [1.29, 1.82) is 0 Å². The Labute approximate surface area is 143 Å². The van der Waals surface area contributed by atoms with Crippen molar-refractivity contribution in [2.24, 2.45) is 0 Å². The molecule has 0 N–H and O–H groups in total. The Hall–Kier alpha value is -0.607. The largest absolute Gasteiger partial charge is 0.480 e. The van der Waals surface area contributed by atoms with E-state index in [1.54, 1.807) is 0 Å². The Balaban J connectivity index is 0.00000361. The number of carbonyl (C=O) groups is 2. The molecule has 0 unspecified atom stereocenters. The molecule has 0 aliphatic heterocycles. The van der Waals surface area contributed by atoms with Gasteiger partial charge in [0.05, 0.1) is 15.1 Å². The van der Waals surface area contributed by atoms with E-state index < -0.39 is 18.5 Å². The Morgan fingerprint density at radius 2 is 1.70 bits per heavy atom. The van der Waals surface area contributed by atoms with E-state index in [-0.39, 0.29) is 45.9 Å². The van der Waals surface area contributed by atoms with Gasteiger partial charge in [-0.15, -0.1) is 0 Å². The van der Waals surface area contributed by atoms with E-state index in [4.69, 9.17) is 39.5 Å². The fraction of sp³-hybridized carbons (Fsp3) is 0.167. The maximum Gasteiger partial charge on any atom is 0.352 e. The van der Waals surface area contributed by atoms with Gasteiger partial charge in [0.25, 0.3) is 0 Å². The summed E-state index contributed by atoms with van der Waals surface area (Å²) in [6.07, 6.45) is 0. The van der Waals surface area contributed by atoms with Crippen LogP contribution in [-0.4, -0.2) is 18.5 Å². The molecule has 0 bridgehead atoms. The molecule has 0 fully saturated rings. The molecule has 0 aliphatic rings. The zero-order valence-electron chi connectivity index (χ0n) is 10.5. The number of halogens is 3. The van der Waals surface area contributed by atoms with Gasteiger partial charge < -0.3 is 9.47 Å². The summed E-state index contributed by atoms with van der Waals surface area (Å²) < 4.78 is 9.51. The van der Waals surface area contributed by atoms with Crippen LogP contribution in [0.4, 0.5) is 0 Å². The normalized spacial score (nSPS) is 9.40. The van der Waals surface area contributed by atoms with Crippen molar-refractivity contribution in [3.05, 3.63) is 39.4 Å². The summed E-state index contributed by atoms with van der Waals surface area (Å²) in [4.78, 5) is 22.4. The quantitative estimate of drug-likeness (QED) is 0.259. The Morgan fingerprint density at radius 3 is 2.25 bits per heavy atom. The molecular weight excluding hydrogens is 380 g/mol. The SMILES string of the molecule is C=C(C)C(=O)OC(=O)COc1cc(Cl)c(Cl)cc1Cl.[Zn]. The topological polar surface area (TPSA) is 52.6 Å². The van der Waals surface area contributed by atoms with E-state index in [1.165, 1.54) is 19.1 Å². The number of hydrogen-bond acceptors (Lipinski definition) is 4. The third-order valence-corrected chi connectivity index (χ3v) is 2.89. The summed E-state index contributed by atoms with van der Waals surface area (Å²) in [6, 6.07) is 2.74. The second kappa shape index (κ2) is 8.63. The number of carbonyl (C=O) groups excluding carboxylic acids is 2. The first-order valence-corrected chi connectivity index (χ1v) is 6.12. The fourth-order valence-corrected chi connectivity index (χ4v) is 1.56. The molecule has 1 rings (SSSR count). The summed E-state index contributed by atoms with van der Waals surface area (Å²) in [5, 5.41) is 0.680. The molecule has 0 aromatic heterocycles. The minimum absolute atomic E-state index is 0. The second-order valence-electron chi connectivity index (χ2n) is 3.53. The second-order valence-corrected chi connectivity index (χ2v) is 4.75. The molecule has 4 nitrogen and oxygen atoms in total. The van der Waals surface area contributed by atoms with Gasteiger partial charge in [-0.2, -0.15) is 0 Å². The zero-order valence-corrected chi connectivity index (χ0v) is 15.8. The van der Waals surface area contributed by atoms with E-state index in [9.17, 15) is 9.59 Å². The predicted molar refractivity (Wildman–Crippen MR) is 72.9 cm³/mol. The fourth-order valence-electron chi connectivity index (χ4n) is 0.972. The van der Waals surface area contributed by atoms with E-state index in [1.807, 2.05) is 0 Å². The van der Waals surface area contributed by atoms with Gasteiger partial charge in [0.1, 0.15) is 5.75 Å². The van der Waals surface area contributed by atoms with Gasteiger partial charge in [0.15, 0.2) is 6.61 Å². The third-order valence-electron chi connectivity index (χ3n) is 1.88. The molecule has 0 amide bonds. The van der Waals surface area contributed by atoms with Gasteiger partial charge in [-0.1, -0.05) is 41.4 Å². The molecule has 1 aromatic rings. The van der Waals surface area contributed by atoms with Crippen LogP contribution in [0.5, 0.6) is 5.75 Å². The van der Waals surface area contributed by atoms with Crippen LogP contribution >= 0.6 is 34.8 Å². The van der Waals surface area contributed by atoms with Crippen LogP contribution in [0, 0.1) is 0 Å². The average Bonchev–Trinajstić information content (AvgIpc) is 2.32. The van der Waals surface area contributed by atoms with Crippen LogP contribution < -0.4 is 4.74 Å². The van der Waals surface area contributed by atoms with Gasteiger partial charge in [-0.3, -0.25) is 0 Å². The van der Waals surface area contributed by atoms with Gasteiger partial charge in [-0.25, -0.2) is 9.59 Å². The van der Waals surface area contributed by atoms with E-state index in [0.717, 1.165) is 0 Å². The maximum absolute atomic E-state index is 11.3. The molecule has 0 spiro atoms. The zero-order chi connectivity index (χ0) is 14.6. The van der Waals surface area contributed by atoms with E-state index in [2.05, 4.69) is 11.3 Å².